The molecular weight excluding hydrogens is 306 g/mol. The Bertz CT molecular complexity index is 720. The van der Waals surface area contributed by atoms with Crippen LogP contribution in [0.3, 0.4) is 0 Å². The van der Waals surface area contributed by atoms with Gasteiger partial charge < -0.3 is 10.6 Å². The van der Waals surface area contributed by atoms with E-state index in [0.29, 0.717) is 0 Å². The lowest BCUT2D eigenvalue weighted by Crippen LogP contribution is -2.14. The molecule has 2 aromatic rings. The summed E-state index contributed by atoms with van der Waals surface area (Å²) in [4.78, 5) is 4.89. The van der Waals surface area contributed by atoms with Gasteiger partial charge in [0.1, 0.15) is 5.84 Å². The number of amidine groups is 1. The van der Waals surface area contributed by atoms with Crippen LogP contribution in [0.2, 0.25) is 0 Å². The molecule has 0 amide bonds. The van der Waals surface area contributed by atoms with E-state index in [2.05, 4.69) is 66.9 Å². The maximum absolute atomic E-state index is 4.89. The lowest BCUT2D eigenvalue weighted by atomic mass is 10.1. The molecule has 3 heteroatoms. The molecule has 0 spiro atoms. The number of aryl methyl sites for hydroxylation is 2. The third-order valence-corrected chi connectivity index (χ3v) is 4.86. The van der Waals surface area contributed by atoms with Gasteiger partial charge in [0, 0.05) is 13.0 Å². The van der Waals surface area contributed by atoms with Crippen molar-refractivity contribution in [2.24, 2.45) is 4.99 Å². The van der Waals surface area contributed by atoms with Gasteiger partial charge in [-0.1, -0.05) is 43.2 Å². The number of nitrogens with one attached hydrogen (secondary N) is 2. The highest BCUT2D eigenvalue weighted by atomic mass is 15.0. The zero-order chi connectivity index (χ0) is 17.5. The first-order chi connectivity index (χ1) is 12.2. The fraction of sp³-hybridized carbons (Fsp3) is 0.409. The summed E-state index contributed by atoms with van der Waals surface area (Å²) in [5.74, 6) is 1.09. The van der Waals surface area contributed by atoms with Gasteiger partial charge >= 0.3 is 0 Å². The molecule has 0 unspecified atom stereocenters. The summed E-state index contributed by atoms with van der Waals surface area (Å²) in [6.45, 7) is 6.11. The maximum Gasteiger partial charge on any atom is 0.101 e. The lowest BCUT2D eigenvalue weighted by Gasteiger charge is -2.17. The number of fused-ring (bicyclic) bond motifs is 1. The maximum atomic E-state index is 4.89. The molecular formula is C22H29N3. The van der Waals surface area contributed by atoms with Gasteiger partial charge in [-0.15, -0.1) is 0 Å². The molecule has 0 aromatic heterocycles. The van der Waals surface area contributed by atoms with Crippen molar-refractivity contribution < 1.29 is 0 Å². The number of benzene rings is 2. The molecule has 1 heterocycles. The monoisotopic (exact) mass is 335 g/mol. The molecule has 1 aliphatic rings. The van der Waals surface area contributed by atoms with Gasteiger partial charge in [-0.25, -0.2) is 0 Å². The van der Waals surface area contributed by atoms with Crippen molar-refractivity contribution >= 4 is 17.2 Å². The molecule has 0 saturated heterocycles. The zero-order valence-corrected chi connectivity index (χ0v) is 15.4. The molecule has 0 atom stereocenters. The van der Waals surface area contributed by atoms with E-state index in [1.807, 2.05) is 0 Å². The highest BCUT2D eigenvalue weighted by Gasteiger charge is 2.09. The second-order valence-corrected chi connectivity index (χ2v) is 6.95. The number of hydrogen-bond donors (Lipinski definition) is 2. The Morgan fingerprint density at radius 1 is 0.880 bits per heavy atom. The van der Waals surface area contributed by atoms with Crippen LogP contribution < -0.4 is 10.6 Å². The minimum atomic E-state index is 0.733. The first-order valence-electron chi connectivity index (χ1n) is 9.42. The Hall–Kier alpha value is -2.29. The average molecular weight is 335 g/mol. The highest BCUT2D eigenvalue weighted by molar-refractivity contribution is 5.98. The van der Waals surface area contributed by atoms with E-state index in [1.165, 1.54) is 48.1 Å². The summed E-state index contributed by atoms with van der Waals surface area (Å²) in [5, 5.41) is 7.23. The van der Waals surface area contributed by atoms with Crippen molar-refractivity contribution in [1.82, 2.24) is 0 Å². The topological polar surface area (TPSA) is 36.4 Å². The van der Waals surface area contributed by atoms with Crippen molar-refractivity contribution in [2.45, 2.75) is 52.5 Å². The van der Waals surface area contributed by atoms with Gasteiger partial charge in [-0.2, -0.15) is 0 Å². The Labute approximate surface area is 151 Å². The second-order valence-electron chi connectivity index (χ2n) is 6.95. The first-order valence-corrected chi connectivity index (χ1v) is 9.42. The average Bonchev–Trinajstić information content (AvgIpc) is 2.66. The van der Waals surface area contributed by atoms with Crippen molar-refractivity contribution in [3.63, 3.8) is 0 Å². The van der Waals surface area contributed by atoms with E-state index in [-0.39, 0.29) is 0 Å². The number of nitrogens with zero attached hydrogens (tertiary/aromatic N) is 1. The molecule has 3 rings (SSSR count). The van der Waals surface area contributed by atoms with Crippen LogP contribution in [-0.2, 0) is 6.54 Å². The normalized spacial score (nSPS) is 17.1. The smallest absolute Gasteiger partial charge is 0.101 e. The molecule has 2 aromatic carbocycles. The van der Waals surface area contributed by atoms with Gasteiger partial charge in [0.2, 0.25) is 0 Å². The summed E-state index contributed by atoms with van der Waals surface area (Å²) >= 11 is 0. The van der Waals surface area contributed by atoms with Crippen molar-refractivity contribution in [2.75, 3.05) is 17.2 Å². The molecule has 3 nitrogen and oxygen atoms in total. The largest absolute Gasteiger partial charge is 0.383 e. The van der Waals surface area contributed by atoms with Gasteiger partial charge in [-0.3, -0.25) is 4.99 Å². The lowest BCUT2D eigenvalue weighted by molar-refractivity contribution is 0.668. The van der Waals surface area contributed by atoms with Crippen LogP contribution in [0.4, 0.5) is 11.4 Å². The van der Waals surface area contributed by atoms with Gasteiger partial charge in [0.05, 0.1) is 17.9 Å². The second kappa shape index (κ2) is 8.70. The Morgan fingerprint density at radius 2 is 1.60 bits per heavy atom. The van der Waals surface area contributed by atoms with Crippen molar-refractivity contribution in [3.8, 4) is 0 Å². The number of anilines is 2. The zero-order valence-electron chi connectivity index (χ0n) is 15.4. The van der Waals surface area contributed by atoms with Crippen molar-refractivity contribution in [3.05, 3.63) is 59.2 Å². The summed E-state index contributed by atoms with van der Waals surface area (Å²) in [7, 11) is 0. The molecule has 2 N–H and O–H groups in total. The van der Waals surface area contributed by atoms with E-state index in [1.54, 1.807) is 0 Å². The summed E-state index contributed by atoms with van der Waals surface area (Å²) in [5.41, 5.74) is 6.23. The van der Waals surface area contributed by atoms with E-state index in [0.717, 1.165) is 31.0 Å². The minimum Gasteiger partial charge on any atom is -0.383 e. The molecule has 0 saturated carbocycles. The number of rotatable bonds is 2. The summed E-state index contributed by atoms with van der Waals surface area (Å²) < 4.78 is 0. The van der Waals surface area contributed by atoms with E-state index in [9.17, 15) is 0 Å². The Morgan fingerprint density at radius 3 is 2.40 bits per heavy atom. The van der Waals surface area contributed by atoms with E-state index >= 15 is 0 Å². The van der Waals surface area contributed by atoms with Crippen LogP contribution in [0.25, 0.3) is 0 Å². The van der Waals surface area contributed by atoms with Gasteiger partial charge in [0.25, 0.3) is 0 Å². The first kappa shape index (κ1) is 17.5. The predicted octanol–water partition coefficient (Wildman–Crippen LogP) is 5.69. The van der Waals surface area contributed by atoms with Crippen LogP contribution in [0.1, 0.15) is 48.8 Å². The third-order valence-electron chi connectivity index (χ3n) is 4.86. The van der Waals surface area contributed by atoms with Crippen LogP contribution in [0.15, 0.2) is 47.5 Å². The molecule has 132 valence electrons. The van der Waals surface area contributed by atoms with Crippen LogP contribution >= 0.6 is 0 Å². The van der Waals surface area contributed by atoms with Crippen LogP contribution in [0, 0.1) is 13.8 Å². The summed E-state index contributed by atoms with van der Waals surface area (Å²) in [6, 6.07) is 15.0. The highest BCUT2D eigenvalue weighted by Crippen LogP contribution is 2.27. The summed E-state index contributed by atoms with van der Waals surface area (Å²) in [6.07, 6.45) is 5.98. The van der Waals surface area contributed by atoms with Crippen molar-refractivity contribution in [1.29, 1.82) is 0 Å². The molecule has 0 radical (unpaired) electrons. The van der Waals surface area contributed by atoms with E-state index < -0.39 is 0 Å². The SMILES string of the molecule is Cc1cc2c(cc1C)NC(=NCc1ccccc1)CCCCCCN2. The fourth-order valence-corrected chi connectivity index (χ4v) is 3.17. The minimum absolute atomic E-state index is 0.733. The molecule has 0 bridgehead atoms. The number of aliphatic imine (C=N–C) groups is 1. The molecule has 1 aliphatic heterocycles. The fourth-order valence-electron chi connectivity index (χ4n) is 3.17. The quantitative estimate of drug-likeness (QED) is 0.739. The molecule has 0 aliphatic carbocycles. The standard InChI is InChI=1S/C22H29N3/c1-17-14-20-21(15-18(17)2)25-22(12-8-3-4-9-13-23-20)24-16-19-10-6-5-7-11-19/h5-7,10-11,14-15,23H,3-4,8-9,12-13,16H2,1-2H3,(H,24,25). The Balaban J connectivity index is 1.85. The van der Waals surface area contributed by atoms with Crippen LogP contribution in [-0.4, -0.2) is 12.4 Å². The third kappa shape index (κ3) is 5.09. The van der Waals surface area contributed by atoms with Gasteiger partial charge in [0.15, 0.2) is 0 Å². The van der Waals surface area contributed by atoms with Crippen LogP contribution in [0.5, 0.6) is 0 Å². The molecule has 25 heavy (non-hydrogen) atoms. The predicted molar refractivity (Wildman–Crippen MR) is 109 cm³/mol. The number of hydrogen-bond acceptors (Lipinski definition) is 2. The van der Waals surface area contributed by atoms with Gasteiger partial charge in [-0.05, 0) is 55.5 Å². The molecule has 0 fully saturated rings. The Kier molecular flexibility index (Phi) is 6.10. The van der Waals surface area contributed by atoms with E-state index in [4.69, 9.17) is 4.99 Å².